The molecule has 16 heavy (non-hydrogen) atoms. The summed E-state index contributed by atoms with van der Waals surface area (Å²) in [5.41, 5.74) is 1.00. The highest BCUT2D eigenvalue weighted by Gasteiger charge is 2.15. The van der Waals surface area contributed by atoms with Gasteiger partial charge in [0.2, 0.25) is 10.0 Å². The molecule has 0 aliphatic heterocycles. The van der Waals surface area contributed by atoms with E-state index >= 15 is 0 Å². The van der Waals surface area contributed by atoms with E-state index in [0.717, 1.165) is 5.56 Å². The van der Waals surface area contributed by atoms with Crippen molar-refractivity contribution in [2.45, 2.75) is 19.4 Å². The fourth-order valence-electron chi connectivity index (χ4n) is 1.38. The van der Waals surface area contributed by atoms with Gasteiger partial charge < -0.3 is 5.11 Å². The monoisotopic (exact) mass is 243 g/mol. The second-order valence-electron chi connectivity index (χ2n) is 3.59. The number of hydrogen-bond acceptors (Lipinski definition) is 3. The van der Waals surface area contributed by atoms with Crippen molar-refractivity contribution in [2.24, 2.45) is 0 Å². The van der Waals surface area contributed by atoms with Gasteiger partial charge in [0.1, 0.15) is 0 Å². The summed E-state index contributed by atoms with van der Waals surface area (Å²) in [7, 11) is -3.26. The van der Waals surface area contributed by atoms with Crippen LogP contribution in [0.15, 0.2) is 30.3 Å². The lowest BCUT2D eigenvalue weighted by molar-refractivity contribution is 0.256. The fourth-order valence-corrected chi connectivity index (χ4v) is 2.21. The van der Waals surface area contributed by atoms with Crippen molar-refractivity contribution < 1.29 is 13.5 Å². The molecule has 90 valence electrons. The average Bonchev–Trinajstić information content (AvgIpc) is 2.29. The maximum Gasteiger partial charge on any atom is 0.211 e. The zero-order valence-electron chi connectivity index (χ0n) is 9.26. The van der Waals surface area contributed by atoms with Gasteiger partial charge in [-0.25, -0.2) is 13.1 Å². The van der Waals surface area contributed by atoms with Crippen molar-refractivity contribution in [1.29, 1.82) is 0 Å². The van der Waals surface area contributed by atoms with E-state index in [1.54, 1.807) is 6.92 Å². The predicted molar refractivity (Wildman–Crippen MR) is 63.6 cm³/mol. The van der Waals surface area contributed by atoms with E-state index in [1.165, 1.54) is 0 Å². The minimum Gasteiger partial charge on any atom is -0.395 e. The molecule has 0 spiro atoms. The van der Waals surface area contributed by atoms with Crippen molar-refractivity contribution >= 4 is 10.0 Å². The lowest BCUT2D eigenvalue weighted by Gasteiger charge is -2.15. The molecule has 1 rings (SSSR count). The molecule has 0 saturated carbocycles. The van der Waals surface area contributed by atoms with Crippen LogP contribution in [0.3, 0.4) is 0 Å². The Kier molecular flexibility index (Phi) is 4.92. The molecule has 2 N–H and O–H groups in total. The summed E-state index contributed by atoms with van der Waals surface area (Å²) in [5.74, 6) is 0.0261. The van der Waals surface area contributed by atoms with Crippen LogP contribution >= 0.6 is 0 Å². The minimum absolute atomic E-state index is 0.0261. The fraction of sp³-hybridized carbons (Fsp3) is 0.455. The molecule has 0 aromatic heterocycles. The Morgan fingerprint density at radius 3 is 2.44 bits per heavy atom. The molecule has 0 amide bonds. The molecule has 1 atom stereocenters. The van der Waals surface area contributed by atoms with Gasteiger partial charge in [-0.2, -0.15) is 0 Å². The summed E-state index contributed by atoms with van der Waals surface area (Å²) < 4.78 is 25.1. The van der Waals surface area contributed by atoms with E-state index in [4.69, 9.17) is 5.11 Å². The topological polar surface area (TPSA) is 66.4 Å². The quantitative estimate of drug-likeness (QED) is 0.766. The van der Waals surface area contributed by atoms with Gasteiger partial charge in [-0.3, -0.25) is 0 Å². The molecular weight excluding hydrogens is 226 g/mol. The van der Waals surface area contributed by atoms with E-state index in [0.29, 0.717) is 6.42 Å². The summed E-state index contributed by atoms with van der Waals surface area (Å²) in [4.78, 5) is 0. The third kappa shape index (κ3) is 4.30. The Balaban J connectivity index is 2.63. The van der Waals surface area contributed by atoms with Gasteiger partial charge in [0.05, 0.1) is 12.4 Å². The number of sulfonamides is 1. The van der Waals surface area contributed by atoms with Crippen molar-refractivity contribution in [3.05, 3.63) is 35.9 Å². The van der Waals surface area contributed by atoms with E-state index in [-0.39, 0.29) is 12.4 Å². The number of aliphatic hydroxyl groups is 1. The number of benzene rings is 1. The second kappa shape index (κ2) is 5.98. The van der Waals surface area contributed by atoms with E-state index in [9.17, 15) is 8.42 Å². The normalized spacial score (nSPS) is 13.6. The van der Waals surface area contributed by atoms with Gasteiger partial charge in [0, 0.05) is 6.04 Å². The molecule has 4 nitrogen and oxygen atoms in total. The molecule has 0 unspecified atom stereocenters. The SMILES string of the molecule is CCS(=O)(=O)N[C@H](CO)Cc1ccccc1. The van der Waals surface area contributed by atoms with Crippen LogP contribution in [0.5, 0.6) is 0 Å². The van der Waals surface area contributed by atoms with E-state index in [1.807, 2.05) is 30.3 Å². The smallest absolute Gasteiger partial charge is 0.211 e. The van der Waals surface area contributed by atoms with Gasteiger partial charge >= 0.3 is 0 Å². The van der Waals surface area contributed by atoms with Crippen LogP contribution in [-0.4, -0.2) is 31.9 Å². The van der Waals surface area contributed by atoms with Crippen molar-refractivity contribution in [1.82, 2.24) is 4.72 Å². The van der Waals surface area contributed by atoms with Crippen LogP contribution in [0.2, 0.25) is 0 Å². The first-order valence-corrected chi connectivity index (χ1v) is 6.87. The molecule has 5 heteroatoms. The summed E-state index contributed by atoms with van der Waals surface area (Å²) in [6.45, 7) is 1.37. The number of aliphatic hydroxyl groups excluding tert-OH is 1. The van der Waals surface area contributed by atoms with Crippen LogP contribution in [-0.2, 0) is 16.4 Å². The van der Waals surface area contributed by atoms with Gasteiger partial charge in [-0.05, 0) is 18.9 Å². The minimum atomic E-state index is -3.26. The van der Waals surface area contributed by atoms with Crippen LogP contribution in [0, 0.1) is 0 Å². The average molecular weight is 243 g/mol. The first kappa shape index (κ1) is 13.2. The molecule has 0 fully saturated rings. The third-order valence-corrected chi connectivity index (χ3v) is 3.72. The molecule has 0 saturated heterocycles. The van der Waals surface area contributed by atoms with Gasteiger partial charge in [0.25, 0.3) is 0 Å². The third-order valence-electron chi connectivity index (χ3n) is 2.27. The van der Waals surface area contributed by atoms with Crippen molar-refractivity contribution in [3.63, 3.8) is 0 Å². The zero-order valence-corrected chi connectivity index (χ0v) is 10.1. The maximum atomic E-state index is 11.3. The Morgan fingerprint density at radius 1 is 1.31 bits per heavy atom. The van der Waals surface area contributed by atoms with Gasteiger partial charge in [-0.1, -0.05) is 30.3 Å². The summed E-state index contributed by atoms with van der Waals surface area (Å²) in [6, 6.07) is 9.03. The summed E-state index contributed by atoms with van der Waals surface area (Å²) in [6.07, 6.45) is 0.497. The maximum absolute atomic E-state index is 11.3. The Hall–Kier alpha value is -0.910. The number of hydrogen-bond donors (Lipinski definition) is 2. The summed E-state index contributed by atoms with van der Waals surface area (Å²) in [5, 5.41) is 9.12. The van der Waals surface area contributed by atoms with Crippen LogP contribution in [0.1, 0.15) is 12.5 Å². The number of nitrogens with one attached hydrogen (secondary N) is 1. The first-order valence-electron chi connectivity index (χ1n) is 5.22. The second-order valence-corrected chi connectivity index (χ2v) is 5.63. The van der Waals surface area contributed by atoms with Crippen molar-refractivity contribution in [3.8, 4) is 0 Å². The molecule has 0 bridgehead atoms. The highest BCUT2D eigenvalue weighted by molar-refractivity contribution is 7.89. The van der Waals surface area contributed by atoms with Gasteiger partial charge in [0.15, 0.2) is 0 Å². The molecule has 0 radical (unpaired) electrons. The molecule has 1 aromatic carbocycles. The predicted octanol–water partition coefficient (Wildman–Crippen LogP) is 0.529. The van der Waals surface area contributed by atoms with Gasteiger partial charge in [-0.15, -0.1) is 0 Å². The van der Waals surface area contributed by atoms with E-state index < -0.39 is 16.1 Å². The zero-order chi connectivity index (χ0) is 12.0. The Morgan fingerprint density at radius 2 is 1.94 bits per heavy atom. The first-order chi connectivity index (χ1) is 7.57. The number of rotatable bonds is 6. The highest BCUT2D eigenvalue weighted by atomic mass is 32.2. The molecular formula is C11H17NO3S. The van der Waals surface area contributed by atoms with Crippen LogP contribution in [0.4, 0.5) is 0 Å². The lowest BCUT2D eigenvalue weighted by atomic mass is 10.1. The standard InChI is InChI=1S/C11H17NO3S/c1-2-16(14,15)12-11(9-13)8-10-6-4-3-5-7-10/h3-7,11-13H,2,8-9H2,1H3/t11-/m0/s1. The summed E-state index contributed by atoms with van der Waals surface area (Å²) >= 11 is 0. The molecule has 1 aromatic rings. The highest BCUT2D eigenvalue weighted by Crippen LogP contribution is 2.03. The van der Waals surface area contributed by atoms with E-state index in [2.05, 4.69) is 4.72 Å². The Labute approximate surface area is 96.4 Å². The molecule has 0 aliphatic carbocycles. The van der Waals surface area contributed by atoms with Crippen LogP contribution < -0.4 is 4.72 Å². The molecule has 0 aliphatic rings. The largest absolute Gasteiger partial charge is 0.395 e. The Bertz CT molecular complexity index is 402. The van der Waals surface area contributed by atoms with Crippen LogP contribution in [0.25, 0.3) is 0 Å². The lowest BCUT2D eigenvalue weighted by Crippen LogP contribution is -2.39. The van der Waals surface area contributed by atoms with Crippen molar-refractivity contribution in [2.75, 3.05) is 12.4 Å². The molecule has 0 heterocycles.